The zero-order chi connectivity index (χ0) is 14.4. The number of nitrogens with one attached hydrogen (secondary N) is 1. The van der Waals surface area contributed by atoms with Crippen LogP contribution in [-0.4, -0.2) is 23.7 Å². The van der Waals surface area contributed by atoms with Gasteiger partial charge < -0.3 is 10.4 Å². The fourth-order valence-electron chi connectivity index (χ4n) is 2.87. The SMILES string of the molecule is CCc1ccc(CC(=O)NCC(O)C2CCCC2)cc1. The van der Waals surface area contributed by atoms with Gasteiger partial charge >= 0.3 is 0 Å². The molecule has 0 aromatic heterocycles. The molecule has 1 aliphatic rings. The number of aliphatic hydroxyl groups is 1. The summed E-state index contributed by atoms with van der Waals surface area (Å²) in [5.74, 6) is 0.366. The van der Waals surface area contributed by atoms with Crippen molar-refractivity contribution >= 4 is 5.91 Å². The summed E-state index contributed by atoms with van der Waals surface area (Å²) >= 11 is 0. The van der Waals surface area contributed by atoms with E-state index in [2.05, 4.69) is 24.4 Å². The molecule has 0 aliphatic heterocycles. The number of carbonyl (C=O) groups excluding carboxylic acids is 1. The number of amides is 1. The zero-order valence-electron chi connectivity index (χ0n) is 12.3. The Balaban J connectivity index is 1.74. The van der Waals surface area contributed by atoms with Crippen molar-refractivity contribution in [3.8, 4) is 0 Å². The number of hydrogen-bond donors (Lipinski definition) is 2. The van der Waals surface area contributed by atoms with Gasteiger partial charge in [-0.2, -0.15) is 0 Å². The summed E-state index contributed by atoms with van der Waals surface area (Å²) in [7, 11) is 0. The molecule has 1 aromatic rings. The van der Waals surface area contributed by atoms with E-state index in [1.807, 2.05) is 12.1 Å². The van der Waals surface area contributed by atoms with Crippen LogP contribution < -0.4 is 5.32 Å². The third-order valence-corrected chi connectivity index (χ3v) is 4.25. The lowest BCUT2D eigenvalue weighted by atomic mass is 10.0. The Hall–Kier alpha value is -1.35. The number of aliphatic hydroxyl groups excluding tert-OH is 1. The van der Waals surface area contributed by atoms with Crippen molar-refractivity contribution in [1.82, 2.24) is 5.32 Å². The van der Waals surface area contributed by atoms with Gasteiger partial charge in [0, 0.05) is 6.54 Å². The predicted molar refractivity (Wildman–Crippen MR) is 80.5 cm³/mol. The first kappa shape index (κ1) is 15.0. The van der Waals surface area contributed by atoms with Gasteiger partial charge in [0.25, 0.3) is 0 Å². The predicted octanol–water partition coefficient (Wildman–Crippen LogP) is 2.46. The summed E-state index contributed by atoms with van der Waals surface area (Å²) in [5, 5.41) is 12.9. The molecule has 0 bridgehead atoms. The van der Waals surface area contributed by atoms with E-state index in [4.69, 9.17) is 0 Å². The average molecular weight is 275 g/mol. The minimum atomic E-state index is -0.385. The normalized spacial score (nSPS) is 17.1. The van der Waals surface area contributed by atoms with Crippen LogP contribution in [0.1, 0.15) is 43.7 Å². The van der Waals surface area contributed by atoms with Crippen LogP contribution in [0, 0.1) is 5.92 Å². The van der Waals surface area contributed by atoms with Crippen LogP contribution in [0.5, 0.6) is 0 Å². The van der Waals surface area contributed by atoms with Crippen LogP contribution in [0.25, 0.3) is 0 Å². The van der Waals surface area contributed by atoms with Crippen molar-refractivity contribution in [3.05, 3.63) is 35.4 Å². The molecule has 1 aromatic carbocycles. The Morgan fingerprint density at radius 1 is 1.25 bits per heavy atom. The first-order chi connectivity index (χ1) is 9.69. The second-order valence-electron chi connectivity index (χ2n) is 5.76. The van der Waals surface area contributed by atoms with Gasteiger partial charge in [0.05, 0.1) is 12.5 Å². The molecule has 1 amide bonds. The molecule has 0 saturated heterocycles. The number of rotatable bonds is 6. The van der Waals surface area contributed by atoms with E-state index in [0.717, 1.165) is 24.8 Å². The van der Waals surface area contributed by atoms with Gasteiger partial charge in [-0.05, 0) is 36.3 Å². The topological polar surface area (TPSA) is 49.3 Å². The van der Waals surface area contributed by atoms with Gasteiger partial charge in [0.2, 0.25) is 5.91 Å². The van der Waals surface area contributed by atoms with Crippen LogP contribution in [0.3, 0.4) is 0 Å². The number of carbonyl (C=O) groups is 1. The van der Waals surface area contributed by atoms with E-state index in [0.29, 0.717) is 18.9 Å². The highest BCUT2D eigenvalue weighted by atomic mass is 16.3. The summed E-state index contributed by atoms with van der Waals surface area (Å²) in [6.45, 7) is 2.50. The van der Waals surface area contributed by atoms with E-state index < -0.39 is 0 Å². The molecule has 2 rings (SSSR count). The van der Waals surface area contributed by atoms with Crippen molar-refractivity contribution in [2.45, 2.75) is 51.6 Å². The lowest BCUT2D eigenvalue weighted by Crippen LogP contribution is -2.36. The maximum atomic E-state index is 11.9. The van der Waals surface area contributed by atoms with Crippen LogP contribution in [0.15, 0.2) is 24.3 Å². The van der Waals surface area contributed by atoms with E-state index >= 15 is 0 Å². The molecule has 3 nitrogen and oxygen atoms in total. The second kappa shape index (κ2) is 7.44. The Morgan fingerprint density at radius 3 is 2.45 bits per heavy atom. The minimum absolute atomic E-state index is 0.00806. The van der Waals surface area contributed by atoms with Crippen LogP contribution in [-0.2, 0) is 17.6 Å². The first-order valence-corrected chi connectivity index (χ1v) is 7.71. The maximum absolute atomic E-state index is 11.9. The third-order valence-electron chi connectivity index (χ3n) is 4.25. The molecule has 1 unspecified atom stereocenters. The van der Waals surface area contributed by atoms with Crippen molar-refractivity contribution in [3.63, 3.8) is 0 Å². The monoisotopic (exact) mass is 275 g/mol. The fourth-order valence-corrected chi connectivity index (χ4v) is 2.87. The Morgan fingerprint density at radius 2 is 1.85 bits per heavy atom. The summed E-state index contributed by atoms with van der Waals surface area (Å²) < 4.78 is 0. The molecule has 110 valence electrons. The highest BCUT2D eigenvalue weighted by Gasteiger charge is 2.23. The average Bonchev–Trinajstić information content (AvgIpc) is 3.00. The van der Waals surface area contributed by atoms with Gasteiger partial charge in [-0.15, -0.1) is 0 Å². The molecule has 1 aliphatic carbocycles. The number of aryl methyl sites for hydroxylation is 1. The van der Waals surface area contributed by atoms with Crippen LogP contribution in [0.4, 0.5) is 0 Å². The molecule has 1 fully saturated rings. The summed E-state index contributed by atoms with van der Waals surface area (Å²) in [6.07, 6.45) is 5.62. The van der Waals surface area contributed by atoms with Crippen molar-refractivity contribution in [1.29, 1.82) is 0 Å². The van der Waals surface area contributed by atoms with Gasteiger partial charge in [-0.25, -0.2) is 0 Å². The first-order valence-electron chi connectivity index (χ1n) is 7.71. The summed E-state index contributed by atoms with van der Waals surface area (Å²) in [4.78, 5) is 11.9. The minimum Gasteiger partial charge on any atom is -0.391 e. The standard InChI is InChI=1S/C17H25NO2/c1-2-13-7-9-14(10-8-13)11-17(20)18-12-16(19)15-5-3-4-6-15/h7-10,15-16,19H,2-6,11-12H2,1H3,(H,18,20). The highest BCUT2D eigenvalue weighted by Crippen LogP contribution is 2.27. The van der Waals surface area contributed by atoms with E-state index in [-0.39, 0.29) is 12.0 Å². The Labute approximate surface area is 121 Å². The summed E-state index contributed by atoms with van der Waals surface area (Å²) in [6, 6.07) is 8.14. The zero-order valence-corrected chi connectivity index (χ0v) is 12.3. The smallest absolute Gasteiger partial charge is 0.224 e. The second-order valence-corrected chi connectivity index (χ2v) is 5.76. The Kier molecular flexibility index (Phi) is 5.60. The molecular weight excluding hydrogens is 250 g/mol. The lowest BCUT2D eigenvalue weighted by molar-refractivity contribution is -0.121. The fraction of sp³-hybridized carbons (Fsp3) is 0.588. The molecule has 1 saturated carbocycles. The molecular formula is C17H25NO2. The van der Waals surface area contributed by atoms with Crippen molar-refractivity contribution in [2.24, 2.45) is 5.92 Å². The molecule has 1 atom stereocenters. The number of hydrogen-bond acceptors (Lipinski definition) is 2. The molecule has 0 heterocycles. The molecule has 0 radical (unpaired) electrons. The number of benzene rings is 1. The quantitative estimate of drug-likeness (QED) is 0.838. The van der Waals surface area contributed by atoms with E-state index in [9.17, 15) is 9.90 Å². The molecule has 20 heavy (non-hydrogen) atoms. The van der Waals surface area contributed by atoms with Gasteiger partial charge in [0.15, 0.2) is 0 Å². The summed E-state index contributed by atoms with van der Waals surface area (Å²) in [5.41, 5.74) is 2.31. The third kappa shape index (κ3) is 4.34. The van der Waals surface area contributed by atoms with Crippen molar-refractivity contribution < 1.29 is 9.90 Å². The van der Waals surface area contributed by atoms with Crippen molar-refractivity contribution in [2.75, 3.05) is 6.54 Å². The Bertz CT molecular complexity index is 421. The highest BCUT2D eigenvalue weighted by molar-refractivity contribution is 5.78. The molecule has 3 heteroatoms. The van der Waals surface area contributed by atoms with Gasteiger partial charge in [-0.3, -0.25) is 4.79 Å². The van der Waals surface area contributed by atoms with E-state index in [1.54, 1.807) is 0 Å². The maximum Gasteiger partial charge on any atom is 0.224 e. The lowest BCUT2D eigenvalue weighted by Gasteiger charge is -2.18. The van der Waals surface area contributed by atoms with Gasteiger partial charge in [0.1, 0.15) is 0 Å². The molecule has 0 spiro atoms. The molecule has 2 N–H and O–H groups in total. The largest absolute Gasteiger partial charge is 0.391 e. The van der Waals surface area contributed by atoms with Crippen LogP contribution in [0.2, 0.25) is 0 Å². The van der Waals surface area contributed by atoms with Gasteiger partial charge in [-0.1, -0.05) is 44.0 Å². The van der Waals surface area contributed by atoms with E-state index in [1.165, 1.54) is 18.4 Å². The van der Waals surface area contributed by atoms with Crippen LogP contribution >= 0.6 is 0 Å².